The third kappa shape index (κ3) is 5.93. The quantitative estimate of drug-likeness (QED) is 0.448. The Bertz CT molecular complexity index is 1290. The molecule has 1 aliphatic heterocycles. The van der Waals surface area contributed by atoms with Crippen LogP contribution in [0.3, 0.4) is 0 Å². The highest BCUT2D eigenvalue weighted by Crippen LogP contribution is 2.27. The lowest BCUT2D eigenvalue weighted by atomic mass is 10.0. The number of nitrogens with one attached hydrogen (secondary N) is 2. The Morgan fingerprint density at radius 3 is 2.35 bits per heavy atom. The molecule has 0 unspecified atom stereocenters. The highest BCUT2D eigenvalue weighted by molar-refractivity contribution is 7.94. The van der Waals surface area contributed by atoms with E-state index in [1.54, 1.807) is 33.8 Å². The van der Waals surface area contributed by atoms with E-state index in [4.69, 9.17) is 4.74 Å². The van der Waals surface area contributed by atoms with E-state index in [0.717, 1.165) is 22.1 Å². The van der Waals surface area contributed by atoms with E-state index in [9.17, 15) is 23.2 Å². The summed E-state index contributed by atoms with van der Waals surface area (Å²) in [6.45, 7) is 10.6. The number of anilines is 1. The van der Waals surface area contributed by atoms with Crippen LogP contribution in [0, 0.1) is 13.8 Å². The standard InChI is InChI=1S/C24H29N3O6S/c1-15-7-8-17(11-16(15)2)18-12-19(25-22(29)33-23(3,4)5)20(27(30)13-18)21(28)26-24(6)9-10-34(31,32)14-24/h7-13H,14H2,1-6H3,(H2-,25,26,28,29,30)/p+1/t24-/m1/s1. The molecular formula is C24H30N3O6S+. The zero-order valence-electron chi connectivity index (χ0n) is 20.1. The van der Waals surface area contributed by atoms with Gasteiger partial charge in [-0.2, -0.15) is 0 Å². The maximum Gasteiger partial charge on any atom is 0.412 e. The van der Waals surface area contributed by atoms with E-state index in [0.29, 0.717) is 10.3 Å². The zero-order valence-corrected chi connectivity index (χ0v) is 20.9. The van der Waals surface area contributed by atoms with Crippen molar-refractivity contribution < 1.29 is 32.7 Å². The lowest BCUT2D eigenvalue weighted by Gasteiger charge is -2.22. The van der Waals surface area contributed by atoms with Crippen molar-refractivity contribution in [1.29, 1.82) is 0 Å². The van der Waals surface area contributed by atoms with Gasteiger partial charge in [-0.15, -0.1) is 0 Å². The minimum Gasteiger partial charge on any atom is -0.444 e. The van der Waals surface area contributed by atoms with Crippen molar-refractivity contribution in [3.63, 3.8) is 0 Å². The summed E-state index contributed by atoms with van der Waals surface area (Å²) in [5, 5.41) is 17.0. The Morgan fingerprint density at radius 2 is 1.79 bits per heavy atom. The molecule has 0 radical (unpaired) electrons. The number of aromatic nitrogens is 1. The van der Waals surface area contributed by atoms with Crippen molar-refractivity contribution in [2.45, 2.75) is 52.7 Å². The van der Waals surface area contributed by atoms with Crippen molar-refractivity contribution in [3.8, 4) is 11.1 Å². The number of sulfone groups is 1. The third-order valence-corrected chi connectivity index (χ3v) is 6.83. The Balaban J connectivity index is 2.04. The molecule has 0 aliphatic carbocycles. The average molecular weight is 489 g/mol. The smallest absolute Gasteiger partial charge is 0.412 e. The fourth-order valence-electron chi connectivity index (χ4n) is 3.56. The van der Waals surface area contributed by atoms with Gasteiger partial charge in [0.25, 0.3) is 0 Å². The summed E-state index contributed by atoms with van der Waals surface area (Å²) in [6.07, 6.45) is 1.92. The highest BCUT2D eigenvalue weighted by atomic mass is 32.2. The maximum absolute atomic E-state index is 13.2. The molecule has 0 saturated carbocycles. The maximum atomic E-state index is 13.2. The number of carbonyl (C=O) groups excluding carboxylic acids is 2. The molecule has 0 fully saturated rings. The molecule has 182 valence electrons. The number of carbonyl (C=O) groups is 2. The lowest BCUT2D eigenvalue weighted by molar-refractivity contribution is -0.905. The highest BCUT2D eigenvalue weighted by Gasteiger charge is 2.38. The van der Waals surface area contributed by atoms with E-state index >= 15 is 0 Å². The van der Waals surface area contributed by atoms with Gasteiger partial charge in [0.05, 0.1) is 16.9 Å². The van der Waals surface area contributed by atoms with Gasteiger partial charge in [-0.1, -0.05) is 18.2 Å². The van der Waals surface area contributed by atoms with E-state index in [2.05, 4.69) is 10.6 Å². The fourth-order valence-corrected chi connectivity index (χ4v) is 5.17. The molecule has 1 aromatic heterocycles. The van der Waals surface area contributed by atoms with E-state index in [1.165, 1.54) is 12.3 Å². The SMILES string of the molecule is Cc1ccc(-c2cc(NC(=O)OC(C)(C)C)c(C(=O)N[C@]3(C)C=CS(=O)(=O)C3)[n+](O)c2)cc1C. The van der Waals surface area contributed by atoms with Gasteiger partial charge in [-0.25, -0.2) is 13.2 Å². The van der Waals surface area contributed by atoms with Crippen LogP contribution >= 0.6 is 0 Å². The fraction of sp³-hybridized carbons (Fsp3) is 0.375. The Hall–Kier alpha value is -3.40. The molecule has 10 heteroatoms. The predicted octanol–water partition coefficient (Wildman–Crippen LogP) is 3.27. The van der Waals surface area contributed by atoms with Crippen LogP contribution < -0.4 is 15.4 Å². The Labute approximate surface area is 199 Å². The van der Waals surface area contributed by atoms with Crippen LogP contribution in [0.4, 0.5) is 10.5 Å². The van der Waals surface area contributed by atoms with Gasteiger partial charge in [0.2, 0.25) is 6.20 Å². The van der Waals surface area contributed by atoms with Crippen LogP contribution in [0.15, 0.2) is 41.9 Å². The van der Waals surface area contributed by atoms with Gasteiger partial charge in [-0.3, -0.25) is 15.3 Å². The van der Waals surface area contributed by atoms with Gasteiger partial charge >= 0.3 is 17.7 Å². The molecule has 2 amide bonds. The van der Waals surface area contributed by atoms with Crippen LogP contribution in [-0.2, 0) is 14.6 Å². The summed E-state index contributed by atoms with van der Waals surface area (Å²) in [7, 11) is -3.45. The molecule has 2 heterocycles. The van der Waals surface area contributed by atoms with E-state index < -0.39 is 33.0 Å². The number of nitrogens with zero attached hydrogens (tertiary/aromatic N) is 1. The van der Waals surface area contributed by atoms with Crippen LogP contribution in [0.1, 0.15) is 49.3 Å². The van der Waals surface area contributed by atoms with E-state index in [-0.39, 0.29) is 17.1 Å². The van der Waals surface area contributed by atoms with Gasteiger partial charge in [0.1, 0.15) is 11.3 Å². The van der Waals surface area contributed by atoms with Crippen LogP contribution in [0.2, 0.25) is 0 Å². The number of benzene rings is 1. The number of hydrogen-bond acceptors (Lipinski definition) is 6. The summed E-state index contributed by atoms with van der Waals surface area (Å²) in [4.78, 5) is 25.7. The molecule has 9 nitrogen and oxygen atoms in total. The number of hydrogen-bond donors (Lipinski definition) is 3. The number of aryl methyl sites for hydroxylation is 2. The first kappa shape index (κ1) is 25.2. The summed E-state index contributed by atoms with van der Waals surface area (Å²) < 4.78 is 29.7. The number of pyridine rings is 1. The topological polar surface area (TPSA) is 126 Å². The second kappa shape index (κ2) is 8.75. The van der Waals surface area contributed by atoms with Crippen molar-refractivity contribution in [2.24, 2.45) is 0 Å². The minimum absolute atomic E-state index is 0.00147. The van der Waals surface area contributed by atoms with Gasteiger partial charge in [0.15, 0.2) is 9.84 Å². The lowest BCUT2D eigenvalue weighted by Crippen LogP contribution is -2.51. The average Bonchev–Trinajstić information content (AvgIpc) is 2.94. The molecule has 1 atom stereocenters. The number of ether oxygens (including phenoxy) is 1. The molecule has 3 rings (SSSR count). The molecule has 3 N–H and O–H groups in total. The molecule has 34 heavy (non-hydrogen) atoms. The van der Waals surface area contributed by atoms with Crippen molar-refractivity contribution in [1.82, 2.24) is 5.32 Å². The zero-order chi connectivity index (χ0) is 25.5. The molecule has 0 spiro atoms. The van der Waals surface area contributed by atoms with Crippen LogP contribution in [-0.4, -0.2) is 42.5 Å². The summed E-state index contributed by atoms with van der Waals surface area (Å²) >= 11 is 0. The number of rotatable bonds is 4. The third-order valence-electron chi connectivity index (χ3n) is 5.28. The molecule has 1 aliphatic rings. The van der Waals surface area contributed by atoms with Crippen LogP contribution in [0.5, 0.6) is 0 Å². The first-order chi connectivity index (χ1) is 15.6. The summed E-state index contributed by atoms with van der Waals surface area (Å²) in [5.74, 6) is -1.09. The minimum atomic E-state index is -3.45. The normalized spacial score (nSPS) is 19.0. The molecular weight excluding hydrogens is 458 g/mol. The second-order valence-electron chi connectivity index (χ2n) is 9.74. The molecule has 0 saturated heterocycles. The van der Waals surface area contributed by atoms with Crippen molar-refractivity contribution in [2.75, 3.05) is 11.1 Å². The van der Waals surface area contributed by atoms with Crippen molar-refractivity contribution >= 4 is 27.5 Å². The van der Waals surface area contributed by atoms with Gasteiger partial charge < -0.3 is 10.1 Å². The Morgan fingerprint density at radius 1 is 1.12 bits per heavy atom. The first-order valence-corrected chi connectivity index (χ1v) is 12.4. The monoisotopic (exact) mass is 488 g/mol. The molecule has 0 bridgehead atoms. The largest absolute Gasteiger partial charge is 0.444 e. The molecule has 1 aromatic carbocycles. The summed E-state index contributed by atoms with van der Waals surface area (Å²) in [6, 6.07) is 7.28. The first-order valence-electron chi connectivity index (χ1n) is 10.7. The van der Waals surface area contributed by atoms with E-state index in [1.807, 2.05) is 32.0 Å². The van der Waals surface area contributed by atoms with Crippen molar-refractivity contribution in [3.05, 3.63) is 58.8 Å². The number of amides is 2. The second-order valence-corrected chi connectivity index (χ2v) is 11.6. The predicted molar refractivity (Wildman–Crippen MR) is 127 cm³/mol. The van der Waals surface area contributed by atoms with Gasteiger partial charge in [0, 0.05) is 10.1 Å². The van der Waals surface area contributed by atoms with Gasteiger partial charge in [-0.05, 0) is 70.4 Å². The Kier molecular flexibility index (Phi) is 6.49. The van der Waals surface area contributed by atoms with Crippen LogP contribution in [0.25, 0.3) is 11.1 Å². The summed E-state index contributed by atoms with van der Waals surface area (Å²) in [5.41, 5.74) is 1.20. The molecule has 2 aromatic rings.